The Morgan fingerprint density at radius 1 is 1.24 bits per heavy atom. The molecule has 178 valence electrons. The second kappa shape index (κ2) is 9.83. The van der Waals surface area contributed by atoms with Gasteiger partial charge in [-0.25, -0.2) is 5.48 Å². The lowest BCUT2D eigenvalue weighted by Crippen LogP contribution is -2.44. The van der Waals surface area contributed by atoms with E-state index in [2.05, 4.69) is 16.4 Å². The molecule has 1 aromatic heterocycles. The number of esters is 1. The summed E-state index contributed by atoms with van der Waals surface area (Å²) in [4.78, 5) is 27.7. The van der Waals surface area contributed by atoms with Gasteiger partial charge >= 0.3 is 5.97 Å². The summed E-state index contributed by atoms with van der Waals surface area (Å²) in [6.07, 6.45) is 7.16. The van der Waals surface area contributed by atoms with Crippen LogP contribution in [0.3, 0.4) is 0 Å². The molecule has 1 aliphatic carbocycles. The molecule has 0 bridgehead atoms. The molecule has 2 unspecified atom stereocenters. The number of hydrogen-bond acceptors (Lipinski definition) is 5. The van der Waals surface area contributed by atoms with Crippen molar-refractivity contribution in [3.05, 3.63) is 77.0 Å². The number of fused-ring (bicyclic) bond motifs is 2. The number of H-pyrrole nitrogens is 1. The van der Waals surface area contributed by atoms with Crippen molar-refractivity contribution in [1.29, 1.82) is 0 Å². The number of rotatable bonds is 7. The van der Waals surface area contributed by atoms with Gasteiger partial charge in [0, 0.05) is 35.6 Å². The summed E-state index contributed by atoms with van der Waals surface area (Å²) in [6, 6.07) is 13.6. The fourth-order valence-electron chi connectivity index (χ4n) is 4.47. The topological polar surface area (TPSA) is 103 Å². The van der Waals surface area contributed by atoms with Gasteiger partial charge in [0.1, 0.15) is 11.6 Å². The normalized spacial score (nSPS) is 16.5. The van der Waals surface area contributed by atoms with Gasteiger partial charge < -0.3 is 9.72 Å². The first kappa shape index (κ1) is 23.7. The number of hydroxylamine groups is 1. The third kappa shape index (κ3) is 5.55. The highest BCUT2D eigenvalue weighted by Crippen LogP contribution is 2.33. The lowest BCUT2D eigenvalue weighted by Gasteiger charge is -2.27. The highest BCUT2D eigenvalue weighted by molar-refractivity contribution is 5.90. The molecule has 0 fully saturated rings. The molecule has 1 amide bonds. The van der Waals surface area contributed by atoms with Crippen molar-refractivity contribution < 1.29 is 19.5 Å². The van der Waals surface area contributed by atoms with E-state index in [0.29, 0.717) is 6.42 Å². The summed E-state index contributed by atoms with van der Waals surface area (Å²) in [5.74, 6) is -0.835. The standard InChI is InChI=1S/C27H31N3O4/c1-27(2,3)34-26(32)24(15-19-16-28-22-7-5-4-6-20(19)22)29-23-12-10-18-14-17(8-11-21(18)23)9-13-25(31)30-33/h4-9,11,13-14,16,23-24,28-29,33H,10,12,15H2,1-3H3,(H,30,31). The monoisotopic (exact) mass is 461 g/mol. The van der Waals surface area contributed by atoms with Crippen molar-refractivity contribution in [3.8, 4) is 0 Å². The molecule has 0 radical (unpaired) electrons. The van der Waals surface area contributed by atoms with E-state index in [1.165, 1.54) is 11.6 Å². The third-order valence-corrected chi connectivity index (χ3v) is 5.97. The average Bonchev–Trinajstić information content (AvgIpc) is 3.39. The van der Waals surface area contributed by atoms with Gasteiger partial charge in [-0.3, -0.25) is 20.1 Å². The number of para-hydroxylation sites is 1. The van der Waals surface area contributed by atoms with E-state index in [4.69, 9.17) is 9.94 Å². The Morgan fingerprint density at radius 3 is 2.79 bits per heavy atom. The van der Waals surface area contributed by atoms with Crippen LogP contribution in [0.5, 0.6) is 0 Å². The van der Waals surface area contributed by atoms with Crippen LogP contribution in [0.2, 0.25) is 0 Å². The highest BCUT2D eigenvalue weighted by Gasteiger charge is 2.31. The Bertz CT molecular complexity index is 1220. The molecular weight excluding hydrogens is 430 g/mol. The summed E-state index contributed by atoms with van der Waals surface area (Å²) in [5.41, 5.74) is 6.34. The average molecular weight is 462 g/mol. The quantitative estimate of drug-likeness (QED) is 0.183. The first-order valence-corrected chi connectivity index (χ1v) is 11.5. The van der Waals surface area contributed by atoms with E-state index in [1.54, 1.807) is 11.6 Å². The molecule has 1 heterocycles. The first-order chi connectivity index (χ1) is 16.2. The van der Waals surface area contributed by atoms with Crippen molar-refractivity contribution in [2.45, 2.75) is 57.7 Å². The second-order valence-corrected chi connectivity index (χ2v) is 9.68. The molecule has 34 heavy (non-hydrogen) atoms. The summed E-state index contributed by atoms with van der Waals surface area (Å²) in [6.45, 7) is 5.64. The van der Waals surface area contributed by atoms with Gasteiger partial charge in [-0.1, -0.05) is 36.4 Å². The van der Waals surface area contributed by atoms with Gasteiger partial charge in [-0.15, -0.1) is 0 Å². The molecule has 4 rings (SSSR count). The van der Waals surface area contributed by atoms with E-state index < -0.39 is 17.6 Å². The number of hydrogen-bond donors (Lipinski definition) is 4. The molecule has 2 aromatic carbocycles. The first-order valence-electron chi connectivity index (χ1n) is 11.5. The number of carbonyl (C=O) groups is 2. The predicted molar refractivity (Wildman–Crippen MR) is 131 cm³/mol. The van der Waals surface area contributed by atoms with E-state index in [-0.39, 0.29) is 12.0 Å². The highest BCUT2D eigenvalue weighted by atomic mass is 16.6. The predicted octanol–water partition coefficient (Wildman–Crippen LogP) is 4.22. The molecular formula is C27H31N3O4. The van der Waals surface area contributed by atoms with Crippen LogP contribution >= 0.6 is 0 Å². The summed E-state index contributed by atoms with van der Waals surface area (Å²) in [7, 11) is 0. The molecule has 7 nitrogen and oxygen atoms in total. The van der Waals surface area contributed by atoms with Gasteiger partial charge in [0.25, 0.3) is 5.91 Å². The van der Waals surface area contributed by atoms with Gasteiger partial charge in [0.05, 0.1) is 0 Å². The van der Waals surface area contributed by atoms with Crippen molar-refractivity contribution >= 4 is 28.9 Å². The summed E-state index contributed by atoms with van der Waals surface area (Å²) in [5, 5.41) is 13.3. The zero-order chi connectivity index (χ0) is 24.3. The maximum absolute atomic E-state index is 13.2. The van der Waals surface area contributed by atoms with Crippen LogP contribution in [0.4, 0.5) is 0 Å². The van der Waals surface area contributed by atoms with Crippen LogP contribution in [-0.2, 0) is 27.2 Å². The number of aromatic nitrogens is 1. The van der Waals surface area contributed by atoms with E-state index >= 15 is 0 Å². The van der Waals surface area contributed by atoms with E-state index in [0.717, 1.165) is 40.4 Å². The van der Waals surface area contributed by atoms with Gasteiger partial charge in [-0.2, -0.15) is 0 Å². The van der Waals surface area contributed by atoms with Crippen LogP contribution < -0.4 is 10.8 Å². The van der Waals surface area contributed by atoms with Crippen LogP contribution in [0.1, 0.15) is 55.5 Å². The Hall–Kier alpha value is -3.42. The van der Waals surface area contributed by atoms with Crippen LogP contribution in [0.25, 0.3) is 17.0 Å². The Balaban J connectivity index is 1.56. The maximum atomic E-state index is 13.2. The van der Waals surface area contributed by atoms with Gasteiger partial charge in [0.15, 0.2) is 0 Å². The van der Waals surface area contributed by atoms with Crippen molar-refractivity contribution in [2.24, 2.45) is 0 Å². The molecule has 0 saturated heterocycles. The van der Waals surface area contributed by atoms with E-state index in [9.17, 15) is 9.59 Å². The maximum Gasteiger partial charge on any atom is 0.324 e. The molecule has 3 aromatic rings. The van der Waals surface area contributed by atoms with Gasteiger partial charge in [-0.05, 0) is 68.0 Å². The number of amides is 1. The summed E-state index contributed by atoms with van der Waals surface area (Å²) >= 11 is 0. The minimum absolute atomic E-state index is 0.0245. The number of nitrogens with one attached hydrogen (secondary N) is 3. The molecule has 0 aliphatic heterocycles. The molecule has 0 saturated carbocycles. The van der Waals surface area contributed by atoms with Crippen molar-refractivity contribution in [1.82, 2.24) is 15.8 Å². The number of benzene rings is 2. The number of aromatic amines is 1. The van der Waals surface area contributed by atoms with Crippen molar-refractivity contribution in [3.63, 3.8) is 0 Å². The number of ether oxygens (including phenoxy) is 1. The van der Waals surface area contributed by atoms with Crippen LogP contribution in [0, 0.1) is 0 Å². The fraction of sp³-hybridized carbons (Fsp3) is 0.333. The second-order valence-electron chi connectivity index (χ2n) is 9.68. The minimum atomic E-state index is -0.576. The molecule has 1 aliphatic rings. The van der Waals surface area contributed by atoms with Crippen molar-refractivity contribution in [2.75, 3.05) is 0 Å². The number of carbonyl (C=O) groups excluding carboxylic acids is 2. The van der Waals surface area contributed by atoms with E-state index in [1.807, 2.05) is 63.4 Å². The lowest BCUT2D eigenvalue weighted by molar-refractivity contribution is -0.157. The molecule has 2 atom stereocenters. The summed E-state index contributed by atoms with van der Waals surface area (Å²) < 4.78 is 5.76. The van der Waals surface area contributed by atoms with Gasteiger partial charge in [0.2, 0.25) is 0 Å². The van der Waals surface area contributed by atoms with Crippen LogP contribution in [0.15, 0.2) is 54.7 Å². The molecule has 0 spiro atoms. The van der Waals surface area contributed by atoms with Crippen LogP contribution in [-0.4, -0.2) is 33.7 Å². The zero-order valence-corrected chi connectivity index (χ0v) is 19.7. The number of aryl methyl sites for hydroxylation is 1. The fourth-order valence-corrected chi connectivity index (χ4v) is 4.47. The Labute approximate surface area is 199 Å². The minimum Gasteiger partial charge on any atom is -0.459 e. The molecule has 4 N–H and O–H groups in total. The molecule has 7 heteroatoms. The Kier molecular flexibility index (Phi) is 6.86. The largest absolute Gasteiger partial charge is 0.459 e. The lowest BCUT2D eigenvalue weighted by atomic mass is 10.0. The SMILES string of the molecule is CC(C)(C)OC(=O)C(Cc1c[nH]c2ccccc12)NC1CCc2cc(C=CC(=O)NO)ccc21. The third-order valence-electron chi connectivity index (χ3n) is 5.97. The Morgan fingerprint density at radius 2 is 2.03 bits per heavy atom. The zero-order valence-electron chi connectivity index (χ0n) is 19.7. The smallest absolute Gasteiger partial charge is 0.324 e.